The fourth-order valence-corrected chi connectivity index (χ4v) is 3.05. The van der Waals surface area contributed by atoms with Gasteiger partial charge in [0.25, 0.3) is 11.8 Å². The van der Waals surface area contributed by atoms with Crippen LogP contribution in [0.15, 0.2) is 28.8 Å². The van der Waals surface area contributed by atoms with Crippen LogP contribution in [0.3, 0.4) is 0 Å². The van der Waals surface area contributed by atoms with Crippen molar-refractivity contribution >= 4 is 5.91 Å². The molecule has 1 amide bonds. The molecule has 0 N–H and O–H groups in total. The number of amides is 1. The van der Waals surface area contributed by atoms with E-state index in [0.29, 0.717) is 42.8 Å². The number of ether oxygens (including phenoxy) is 2. The van der Waals surface area contributed by atoms with Crippen LogP contribution in [0.2, 0.25) is 0 Å². The fourth-order valence-electron chi connectivity index (χ4n) is 3.05. The lowest BCUT2D eigenvalue weighted by atomic mass is 9.96. The first-order valence-electron chi connectivity index (χ1n) is 8.55. The highest BCUT2D eigenvalue weighted by atomic mass is 16.5. The van der Waals surface area contributed by atoms with E-state index in [1.54, 1.807) is 19.2 Å². The molecule has 1 saturated heterocycles. The van der Waals surface area contributed by atoms with Crippen LogP contribution < -0.4 is 4.74 Å². The third-order valence-electron chi connectivity index (χ3n) is 4.32. The highest BCUT2D eigenvalue weighted by Crippen LogP contribution is 2.28. The Balaban J connectivity index is 1.70. The minimum Gasteiger partial charge on any atom is -0.496 e. The number of hydrogen-bond donors (Lipinski definition) is 0. The molecule has 0 bridgehead atoms. The second kappa shape index (κ2) is 8.11. The zero-order valence-electron chi connectivity index (χ0n) is 14.6. The number of aromatic nitrogens is 2. The molecule has 134 valence electrons. The maximum absolute atomic E-state index is 12.9. The Morgan fingerprint density at radius 1 is 1.40 bits per heavy atom. The molecule has 0 spiro atoms. The van der Waals surface area contributed by atoms with Gasteiger partial charge in [-0.2, -0.15) is 4.98 Å². The van der Waals surface area contributed by atoms with E-state index in [2.05, 4.69) is 10.1 Å². The van der Waals surface area contributed by atoms with Gasteiger partial charge in [0.1, 0.15) is 12.4 Å². The molecule has 1 unspecified atom stereocenters. The predicted octanol–water partition coefficient (Wildman–Crippen LogP) is 2.63. The number of rotatable bonds is 6. The molecule has 2 heterocycles. The second-order valence-corrected chi connectivity index (χ2v) is 5.97. The van der Waals surface area contributed by atoms with Crippen molar-refractivity contribution in [3.8, 4) is 5.75 Å². The van der Waals surface area contributed by atoms with Gasteiger partial charge in [0.15, 0.2) is 5.82 Å². The van der Waals surface area contributed by atoms with Crippen molar-refractivity contribution in [1.29, 1.82) is 0 Å². The topological polar surface area (TPSA) is 77.7 Å². The molecule has 1 fully saturated rings. The molecule has 2 aromatic rings. The zero-order valence-corrected chi connectivity index (χ0v) is 14.6. The first-order valence-corrected chi connectivity index (χ1v) is 8.55. The molecular formula is C18H23N3O4. The fraction of sp³-hybridized carbons (Fsp3) is 0.500. The van der Waals surface area contributed by atoms with Gasteiger partial charge < -0.3 is 18.9 Å². The minimum absolute atomic E-state index is 0.0276. The number of methoxy groups -OCH3 is 1. The molecule has 1 aliphatic heterocycles. The van der Waals surface area contributed by atoms with Crippen molar-refractivity contribution < 1.29 is 18.8 Å². The summed E-state index contributed by atoms with van der Waals surface area (Å²) in [5, 5.41) is 4.06. The Bertz CT molecular complexity index is 716. The van der Waals surface area contributed by atoms with Crippen molar-refractivity contribution in [2.75, 3.05) is 26.8 Å². The monoisotopic (exact) mass is 345 g/mol. The molecule has 7 nitrogen and oxygen atoms in total. The summed E-state index contributed by atoms with van der Waals surface area (Å²) in [4.78, 5) is 19.1. The molecule has 3 rings (SSSR count). The summed E-state index contributed by atoms with van der Waals surface area (Å²) < 4.78 is 15.8. The van der Waals surface area contributed by atoms with Crippen LogP contribution >= 0.6 is 0 Å². The van der Waals surface area contributed by atoms with Crippen LogP contribution in [0.25, 0.3) is 0 Å². The van der Waals surface area contributed by atoms with E-state index >= 15 is 0 Å². The molecular weight excluding hydrogens is 322 g/mol. The smallest absolute Gasteiger partial charge is 0.257 e. The largest absolute Gasteiger partial charge is 0.496 e. The lowest BCUT2D eigenvalue weighted by Gasteiger charge is -2.31. The lowest BCUT2D eigenvalue weighted by molar-refractivity contribution is 0.0700. The van der Waals surface area contributed by atoms with Crippen LogP contribution in [0.1, 0.15) is 47.8 Å². The first kappa shape index (κ1) is 17.4. The molecule has 25 heavy (non-hydrogen) atoms. The second-order valence-electron chi connectivity index (χ2n) is 5.97. The van der Waals surface area contributed by atoms with E-state index in [-0.39, 0.29) is 11.8 Å². The van der Waals surface area contributed by atoms with Crippen LogP contribution in [0.4, 0.5) is 0 Å². The quantitative estimate of drug-likeness (QED) is 0.801. The molecule has 7 heteroatoms. The number of likely N-dealkylation sites (tertiary alicyclic amines) is 1. The predicted molar refractivity (Wildman–Crippen MR) is 90.5 cm³/mol. The van der Waals surface area contributed by atoms with Crippen molar-refractivity contribution in [2.45, 2.75) is 32.3 Å². The number of carbonyl (C=O) groups excluding carboxylic acids is 1. The summed E-state index contributed by atoms with van der Waals surface area (Å²) in [7, 11) is 1.57. The third-order valence-corrected chi connectivity index (χ3v) is 4.32. The van der Waals surface area contributed by atoms with Gasteiger partial charge in [-0.05, 0) is 31.9 Å². The van der Waals surface area contributed by atoms with Crippen molar-refractivity contribution in [2.24, 2.45) is 0 Å². The van der Waals surface area contributed by atoms with E-state index in [9.17, 15) is 4.79 Å². The van der Waals surface area contributed by atoms with Crippen molar-refractivity contribution in [1.82, 2.24) is 15.0 Å². The summed E-state index contributed by atoms with van der Waals surface area (Å²) in [6.45, 7) is 4.13. The average molecular weight is 345 g/mol. The Morgan fingerprint density at radius 2 is 2.24 bits per heavy atom. The van der Waals surface area contributed by atoms with Crippen LogP contribution in [0, 0.1) is 0 Å². The first-order chi connectivity index (χ1) is 12.2. The van der Waals surface area contributed by atoms with Gasteiger partial charge in [-0.25, -0.2) is 0 Å². The number of hydrogen-bond acceptors (Lipinski definition) is 6. The third kappa shape index (κ3) is 3.99. The van der Waals surface area contributed by atoms with E-state index in [4.69, 9.17) is 14.0 Å². The van der Waals surface area contributed by atoms with Gasteiger partial charge in [-0.1, -0.05) is 17.3 Å². The number of para-hydroxylation sites is 1. The maximum atomic E-state index is 12.9. The van der Waals surface area contributed by atoms with Crippen LogP contribution in [-0.2, 0) is 11.3 Å². The summed E-state index contributed by atoms with van der Waals surface area (Å²) in [5.41, 5.74) is 0.579. The zero-order chi connectivity index (χ0) is 17.6. The average Bonchev–Trinajstić information content (AvgIpc) is 3.15. The highest BCUT2D eigenvalue weighted by molar-refractivity contribution is 5.97. The molecule has 1 atom stereocenters. The number of carbonyl (C=O) groups is 1. The minimum atomic E-state index is -0.0276. The molecule has 0 saturated carbocycles. The normalized spacial score (nSPS) is 17.5. The summed E-state index contributed by atoms with van der Waals surface area (Å²) in [6.07, 6.45) is 1.84. The standard InChI is InChI=1S/C18H23N3O4/c1-3-24-12-16-19-17(20-25-16)13-7-6-10-21(11-13)18(22)14-8-4-5-9-15(14)23-2/h4-5,8-9,13H,3,6-7,10-12H2,1-2H3. The van der Waals surface area contributed by atoms with Crippen molar-refractivity contribution in [3.05, 3.63) is 41.5 Å². The Morgan fingerprint density at radius 3 is 3.04 bits per heavy atom. The Kier molecular flexibility index (Phi) is 5.65. The van der Waals surface area contributed by atoms with Crippen LogP contribution in [-0.4, -0.2) is 47.8 Å². The van der Waals surface area contributed by atoms with Gasteiger partial charge in [-0.3, -0.25) is 4.79 Å². The molecule has 0 radical (unpaired) electrons. The molecule has 1 aliphatic rings. The Labute approximate surface area is 146 Å². The van der Waals surface area contributed by atoms with Gasteiger partial charge in [0.05, 0.1) is 12.7 Å². The van der Waals surface area contributed by atoms with Crippen LogP contribution in [0.5, 0.6) is 5.75 Å². The van der Waals surface area contributed by atoms with Gasteiger partial charge in [0.2, 0.25) is 0 Å². The summed E-state index contributed by atoms with van der Waals surface area (Å²) in [5.74, 6) is 1.76. The number of benzene rings is 1. The summed E-state index contributed by atoms with van der Waals surface area (Å²) >= 11 is 0. The highest BCUT2D eigenvalue weighted by Gasteiger charge is 2.29. The molecule has 1 aromatic carbocycles. The van der Waals surface area contributed by atoms with E-state index in [1.165, 1.54) is 0 Å². The van der Waals surface area contributed by atoms with Gasteiger partial charge in [-0.15, -0.1) is 0 Å². The number of piperidine rings is 1. The van der Waals surface area contributed by atoms with Gasteiger partial charge >= 0.3 is 0 Å². The van der Waals surface area contributed by atoms with Gasteiger partial charge in [0, 0.05) is 25.6 Å². The maximum Gasteiger partial charge on any atom is 0.257 e. The van der Waals surface area contributed by atoms with Crippen molar-refractivity contribution in [3.63, 3.8) is 0 Å². The molecule has 1 aromatic heterocycles. The molecule has 0 aliphatic carbocycles. The van der Waals surface area contributed by atoms with E-state index < -0.39 is 0 Å². The lowest BCUT2D eigenvalue weighted by Crippen LogP contribution is -2.39. The SMILES string of the molecule is CCOCc1nc(C2CCCN(C(=O)c3ccccc3OC)C2)no1. The number of nitrogens with zero attached hydrogens (tertiary/aromatic N) is 3. The van der Waals surface area contributed by atoms with E-state index in [0.717, 1.165) is 19.4 Å². The summed E-state index contributed by atoms with van der Waals surface area (Å²) in [6, 6.07) is 7.29. The Hall–Kier alpha value is -2.41. The van der Waals surface area contributed by atoms with E-state index in [1.807, 2.05) is 24.0 Å².